The molecule has 0 amide bonds. The molecule has 0 radical (unpaired) electrons. The average molecular weight is 234 g/mol. The summed E-state index contributed by atoms with van der Waals surface area (Å²) in [5.74, 6) is -1.17. The van der Waals surface area contributed by atoms with Crippen LogP contribution in [-0.2, 0) is 11.2 Å². The van der Waals surface area contributed by atoms with E-state index in [1.165, 1.54) is 12.1 Å². The normalized spacial score (nSPS) is 10.4. The molecule has 0 fully saturated rings. The lowest BCUT2D eigenvalue weighted by Crippen LogP contribution is -1.97. The first-order valence-corrected chi connectivity index (χ1v) is 5.16. The number of carboxylic acids is 1. The number of aliphatic carboxylic acids is 1. The van der Waals surface area contributed by atoms with Crippen LogP contribution in [0.4, 0.5) is 4.39 Å². The summed E-state index contributed by atoms with van der Waals surface area (Å²) in [5, 5.41) is 8.55. The minimum Gasteiger partial charge on any atom is -0.481 e. The van der Waals surface area contributed by atoms with Crippen molar-refractivity contribution in [2.75, 3.05) is 0 Å². The highest BCUT2D eigenvalue weighted by atomic mass is 19.1. The van der Waals surface area contributed by atoms with Crippen molar-refractivity contribution in [2.24, 2.45) is 0 Å². The van der Waals surface area contributed by atoms with Gasteiger partial charge in [-0.2, -0.15) is 0 Å². The number of rotatable bonds is 4. The fourth-order valence-electron chi connectivity index (χ4n) is 1.51. The average Bonchev–Trinajstić information content (AvgIpc) is 2.75. The molecule has 1 N–H and O–H groups in total. The molecule has 0 saturated heterocycles. The number of carboxylic acid groups (broad SMARTS) is 1. The third-order valence-electron chi connectivity index (χ3n) is 2.34. The summed E-state index contributed by atoms with van der Waals surface area (Å²) in [6.07, 6.45) is 3.67. The van der Waals surface area contributed by atoms with Gasteiger partial charge in [-0.25, -0.2) is 9.37 Å². The Morgan fingerprint density at radius 1 is 1.47 bits per heavy atom. The van der Waals surface area contributed by atoms with Crippen LogP contribution in [0, 0.1) is 5.82 Å². The number of halogens is 1. The van der Waals surface area contributed by atoms with Crippen LogP contribution in [0.15, 0.2) is 36.8 Å². The zero-order chi connectivity index (χ0) is 12.3. The van der Waals surface area contributed by atoms with Crippen LogP contribution in [0.25, 0.3) is 5.69 Å². The molecule has 0 aliphatic carbocycles. The van der Waals surface area contributed by atoms with Gasteiger partial charge in [-0.15, -0.1) is 0 Å². The topological polar surface area (TPSA) is 55.1 Å². The van der Waals surface area contributed by atoms with Crippen LogP contribution in [0.1, 0.15) is 12.1 Å². The highest BCUT2D eigenvalue weighted by Gasteiger charge is 2.04. The largest absolute Gasteiger partial charge is 0.481 e. The third kappa shape index (κ3) is 2.90. The molecule has 1 aromatic carbocycles. The lowest BCUT2D eigenvalue weighted by molar-refractivity contribution is -0.136. The van der Waals surface area contributed by atoms with Gasteiger partial charge in [0.05, 0.1) is 18.4 Å². The van der Waals surface area contributed by atoms with E-state index in [-0.39, 0.29) is 12.2 Å². The van der Waals surface area contributed by atoms with Crippen LogP contribution in [0.5, 0.6) is 0 Å². The van der Waals surface area contributed by atoms with Crippen molar-refractivity contribution in [1.29, 1.82) is 0 Å². The quantitative estimate of drug-likeness (QED) is 0.880. The molecular formula is C12H11FN2O2. The summed E-state index contributed by atoms with van der Waals surface area (Å²) >= 11 is 0. The predicted octanol–water partition coefficient (Wildman–Crippen LogP) is 2.03. The number of hydrogen-bond acceptors (Lipinski definition) is 2. The van der Waals surface area contributed by atoms with Gasteiger partial charge in [-0.3, -0.25) is 4.79 Å². The number of nitrogens with zero attached hydrogens (tertiary/aromatic N) is 2. The van der Waals surface area contributed by atoms with E-state index in [4.69, 9.17) is 5.11 Å². The van der Waals surface area contributed by atoms with E-state index in [9.17, 15) is 9.18 Å². The first kappa shape index (κ1) is 11.3. The van der Waals surface area contributed by atoms with Gasteiger partial charge in [-0.1, -0.05) is 6.07 Å². The number of imidazole rings is 1. The molecule has 88 valence electrons. The SMILES string of the molecule is O=C(O)CCc1cn(-c2cccc(F)c2)cn1. The van der Waals surface area contributed by atoms with Gasteiger partial charge in [0.1, 0.15) is 5.82 Å². The molecule has 0 unspecified atom stereocenters. The van der Waals surface area contributed by atoms with E-state index in [0.717, 1.165) is 0 Å². The van der Waals surface area contributed by atoms with E-state index in [2.05, 4.69) is 4.98 Å². The van der Waals surface area contributed by atoms with Crippen molar-refractivity contribution < 1.29 is 14.3 Å². The monoisotopic (exact) mass is 234 g/mol. The zero-order valence-electron chi connectivity index (χ0n) is 9.01. The van der Waals surface area contributed by atoms with Gasteiger partial charge >= 0.3 is 5.97 Å². The lowest BCUT2D eigenvalue weighted by atomic mass is 10.2. The molecule has 1 aromatic heterocycles. The maximum Gasteiger partial charge on any atom is 0.303 e. The van der Waals surface area contributed by atoms with Gasteiger partial charge in [-0.05, 0) is 18.2 Å². The Morgan fingerprint density at radius 3 is 3.00 bits per heavy atom. The zero-order valence-corrected chi connectivity index (χ0v) is 9.01. The molecular weight excluding hydrogens is 223 g/mol. The highest BCUT2D eigenvalue weighted by Crippen LogP contribution is 2.11. The predicted molar refractivity (Wildman–Crippen MR) is 59.5 cm³/mol. The minimum absolute atomic E-state index is 0.0418. The van der Waals surface area contributed by atoms with Gasteiger partial charge in [0.25, 0.3) is 0 Å². The summed E-state index contributed by atoms with van der Waals surface area (Å²) in [5.41, 5.74) is 1.34. The van der Waals surface area contributed by atoms with Crippen LogP contribution in [0.3, 0.4) is 0 Å². The summed E-state index contributed by atoms with van der Waals surface area (Å²) < 4.78 is 14.7. The second-order valence-corrected chi connectivity index (χ2v) is 3.65. The number of hydrogen-bond donors (Lipinski definition) is 1. The molecule has 0 bridgehead atoms. The summed E-state index contributed by atoms with van der Waals surface area (Å²) in [6.45, 7) is 0. The molecule has 0 saturated carbocycles. The Kier molecular flexibility index (Phi) is 3.18. The first-order chi connectivity index (χ1) is 8.15. The molecule has 2 rings (SSSR count). The molecule has 0 aliphatic rings. The molecule has 0 aliphatic heterocycles. The maximum absolute atomic E-state index is 13.0. The van der Waals surface area contributed by atoms with Crippen molar-refractivity contribution in [3.05, 3.63) is 48.3 Å². The Balaban J connectivity index is 2.15. The van der Waals surface area contributed by atoms with E-state index in [0.29, 0.717) is 17.8 Å². The molecule has 0 atom stereocenters. The summed E-state index contributed by atoms with van der Waals surface area (Å²) in [4.78, 5) is 14.5. The van der Waals surface area contributed by atoms with Crippen LogP contribution >= 0.6 is 0 Å². The Bertz CT molecular complexity index is 537. The van der Waals surface area contributed by atoms with E-state index < -0.39 is 5.97 Å². The fraction of sp³-hybridized carbons (Fsp3) is 0.167. The van der Waals surface area contributed by atoms with Crippen molar-refractivity contribution in [2.45, 2.75) is 12.8 Å². The van der Waals surface area contributed by atoms with E-state index in [1.54, 1.807) is 29.2 Å². The van der Waals surface area contributed by atoms with Gasteiger partial charge < -0.3 is 9.67 Å². The van der Waals surface area contributed by atoms with Crippen LogP contribution in [0.2, 0.25) is 0 Å². The van der Waals surface area contributed by atoms with Crippen molar-refractivity contribution in [3.8, 4) is 5.69 Å². The molecule has 17 heavy (non-hydrogen) atoms. The second-order valence-electron chi connectivity index (χ2n) is 3.65. The van der Waals surface area contributed by atoms with Crippen molar-refractivity contribution in [3.63, 3.8) is 0 Å². The third-order valence-corrected chi connectivity index (χ3v) is 2.34. The Hall–Kier alpha value is -2.17. The first-order valence-electron chi connectivity index (χ1n) is 5.16. The van der Waals surface area contributed by atoms with Crippen molar-refractivity contribution >= 4 is 5.97 Å². The standard InChI is InChI=1S/C12H11FN2O2/c13-9-2-1-3-11(6-9)15-7-10(14-8-15)4-5-12(16)17/h1-3,6-8H,4-5H2,(H,16,17). The Labute approximate surface area is 97.3 Å². The number of aromatic nitrogens is 2. The Morgan fingerprint density at radius 2 is 2.29 bits per heavy atom. The van der Waals surface area contributed by atoms with Gasteiger partial charge in [0.15, 0.2) is 0 Å². The molecule has 5 heteroatoms. The maximum atomic E-state index is 13.0. The van der Waals surface area contributed by atoms with Gasteiger partial charge in [0.2, 0.25) is 0 Å². The minimum atomic E-state index is -0.856. The molecule has 0 spiro atoms. The second kappa shape index (κ2) is 4.78. The highest BCUT2D eigenvalue weighted by molar-refractivity contribution is 5.66. The van der Waals surface area contributed by atoms with Crippen LogP contribution in [-0.4, -0.2) is 20.6 Å². The number of benzene rings is 1. The molecule has 2 aromatic rings. The van der Waals surface area contributed by atoms with E-state index >= 15 is 0 Å². The number of carbonyl (C=O) groups is 1. The smallest absolute Gasteiger partial charge is 0.303 e. The lowest BCUT2D eigenvalue weighted by Gasteiger charge is -2.00. The molecule has 1 heterocycles. The van der Waals surface area contributed by atoms with Crippen LogP contribution < -0.4 is 0 Å². The molecule has 4 nitrogen and oxygen atoms in total. The summed E-state index contributed by atoms with van der Waals surface area (Å²) in [6, 6.07) is 6.13. The fourth-order valence-corrected chi connectivity index (χ4v) is 1.51. The van der Waals surface area contributed by atoms with Crippen molar-refractivity contribution in [1.82, 2.24) is 9.55 Å². The summed E-state index contributed by atoms with van der Waals surface area (Å²) in [7, 11) is 0. The number of aryl methyl sites for hydroxylation is 1. The van der Waals surface area contributed by atoms with Gasteiger partial charge in [0, 0.05) is 18.3 Å². The van der Waals surface area contributed by atoms with E-state index in [1.807, 2.05) is 0 Å².